The second kappa shape index (κ2) is 6.02. The molecule has 6 nitrogen and oxygen atoms in total. The Balaban J connectivity index is 1.88. The van der Waals surface area contributed by atoms with Crippen molar-refractivity contribution in [3.8, 4) is 11.4 Å². The number of anilines is 1. The lowest BCUT2D eigenvalue weighted by molar-refractivity contribution is -0.116. The molecule has 2 aromatic heterocycles. The molecule has 0 aliphatic carbocycles. The highest BCUT2D eigenvalue weighted by Crippen LogP contribution is 2.25. The molecule has 0 saturated heterocycles. The fourth-order valence-corrected chi connectivity index (χ4v) is 2.87. The minimum Gasteiger partial charge on any atom is -0.301 e. The Morgan fingerprint density at radius 3 is 2.73 bits per heavy atom. The third-order valence-corrected chi connectivity index (χ3v) is 4.00. The van der Waals surface area contributed by atoms with Crippen LogP contribution in [0, 0.1) is 5.92 Å². The van der Waals surface area contributed by atoms with Gasteiger partial charge in [0.1, 0.15) is 0 Å². The maximum atomic E-state index is 11.8. The van der Waals surface area contributed by atoms with Gasteiger partial charge < -0.3 is 5.32 Å². The van der Waals surface area contributed by atoms with Crippen molar-refractivity contribution in [2.24, 2.45) is 5.92 Å². The van der Waals surface area contributed by atoms with Crippen LogP contribution in [0.5, 0.6) is 0 Å². The predicted molar refractivity (Wildman–Crippen MR) is 87.2 cm³/mol. The second-order valence-corrected chi connectivity index (χ2v) is 6.67. The zero-order valence-electron chi connectivity index (χ0n) is 12.1. The first-order chi connectivity index (χ1) is 10.5. The number of nitrogens with one attached hydrogen (secondary N) is 1. The van der Waals surface area contributed by atoms with E-state index in [1.54, 1.807) is 16.6 Å². The van der Waals surface area contributed by atoms with E-state index in [0.29, 0.717) is 33.3 Å². The molecule has 114 valence electrons. The summed E-state index contributed by atoms with van der Waals surface area (Å²) in [6.07, 6.45) is 0.462. The smallest absolute Gasteiger partial charge is 0.236 e. The van der Waals surface area contributed by atoms with Crippen molar-refractivity contribution >= 4 is 38.9 Å². The van der Waals surface area contributed by atoms with Gasteiger partial charge in [0.2, 0.25) is 16.0 Å². The van der Waals surface area contributed by atoms with Crippen molar-refractivity contribution in [2.45, 2.75) is 20.3 Å². The van der Waals surface area contributed by atoms with Crippen LogP contribution < -0.4 is 5.32 Å². The molecule has 2 heterocycles. The van der Waals surface area contributed by atoms with E-state index < -0.39 is 0 Å². The van der Waals surface area contributed by atoms with Crippen LogP contribution in [0.3, 0.4) is 0 Å². The van der Waals surface area contributed by atoms with Crippen LogP contribution in [0.2, 0.25) is 5.02 Å². The van der Waals surface area contributed by atoms with Crippen LogP contribution in [0.4, 0.5) is 5.13 Å². The first-order valence-electron chi connectivity index (χ1n) is 6.81. The van der Waals surface area contributed by atoms with Gasteiger partial charge in [0, 0.05) is 17.0 Å². The van der Waals surface area contributed by atoms with E-state index in [4.69, 9.17) is 11.6 Å². The highest BCUT2D eigenvalue weighted by atomic mass is 35.5. The normalized spacial score (nSPS) is 11.3. The topological polar surface area (TPSA) is 72.2 Å². The molecular formula is C14H14ClN5OS. The number of nitrogens with zero attached hydrogens (tertiary/aromatic N) is 4. The molecule has 0 unspecified atom stereocenters. The molecule has 0 spiro atoms. The highest BCUT2D eigenvalue weighted by molar-refractivity contribution is 7.20. The van der Waals surface area contributed by atoms with Crippen molar-refractivity contribution in [3.63, 3.8) is 0 Å². The molecule has 3 rings (SSSR count). The van der Waals surface area contributed by atoms with Gasteiger partial charge >= 0.3 is 0 Å². The maximum absolute atomic E-state index is 11.8. The van der Waals surface area contributed by atoms with Gasteiger partial charge in [-0.3, -0.25) is 4.79 Å². The third kappa shape index (κ3) is 3.10. The van der Waals surface area contributed by atoms with E-state index in [9.17, 15) is 4.79 Å². The summed E-state index contributed by atoms with van der Waals surface area (Å²) in [6.45, 7) is 3.99. The number of hydrogen-bond donors (Lipinski definition) is 1. The molecule has 8 heteroatoms. The Kier molecular flexibility index (Phi) is 4.08. The molecule has 0 atom stereocenters. The molecular weight excluding hydrogens is 322 g/mol. The first kappa shape index (κ1) is 14.9. The van der Waals surface area contributed by atoms with E-state index in [1.807, 2.05) is 26.0 Å². The van der Waals surface area contributed by atoms with Gasteiger partial charge in [0.05, 0.1) is 0 Å². The summed E-state index contributed by atoms with van der Waals surface area (Å²) in [6, 6.07) is 7.29. The van der Waals surface area contributed by atoms with Gasteiger partial charge in [-0.15, -0.1) is 15.3 Å². The highest BCUT2D eigenvalue weighted by Gasteiger charge is 2.15. The zero-order valence-corrected chi connectivity index (χ0v) is 13.6. The summed E-state index contributed by atoms with van der Waals surface area (Å²) < 4.78 is 1.62. The molecule has 1 amide bonds. The molecule has 0 saturated carbocycles. The van der Waals surface area contributed by atoms with Crippen LogP contribution in [0.15, 0.2) is 24.3 Å². The maximum Gasteiger partial charge on any atom is 0.236 e. The van der Waals surface area contributed by atoms with Gasteiger partial charge in [0.15, 0.2) is 5.82 Å². The Labute approximate surface area is 136 Å². The standard InChI is InChI=1S/C14H14ClN5OS/c1-8(2)7-11(21)16-13-19-20-12(17-18-14(20)22-13)9-3-5-10(15)6-4-9/h3-6,8H,7H2,1-2H3,(H,16,19,21). The SMILES string of the molecule is CC(C)CC(=O)Nc1nn2c(-c3ccc(Cl)cc3)nnc2s1. The lowest BCUT2D eigenvalue weighted by Gasteiger charge is -2.03. The lowest BCUT2D eigenvalue weighted by atomic mass is 10.1. The molecule has 1 N–H and O–H groups in total. The fraction of sp³-hybridized carbons (Fsp3) is 0.286. The molecule has 0 radical (unpaired) electrons. The largest absolute Gasteiger partial charge is 0.301 e. The monoisotopic (exact) mass is 335 g/mol. The molecule has 22 heavy (non-hydrogen) atoms. The minimum atomic E-state index is -0.0481. The zero-order chi connectivity index (χ0) is 15.7. The number of fused-ring (bicyclic) bond motifs is 1. The number of amides is 1. The number of aromatic nitrogens is 4. The predicted octanol–water partition coefficient (Wildman–Crippen LogP) is 3.49. The lowest BCUT2D eigenvalue weighted by Crippen LogP contribution is -2.13. The summed E-state index contributed by atoms with van der Waals surface area (Å²) in [4.78, 5) is 12.4. The first-order valence-corrected chi connectivity index (χ1v) is 8.00. The van der Waals surface area contributed by atoms with Gasteiger partial charge in [0.25, 0.3) is 0 Å². The Morgan fingerprint density at radius 2 is 2.05 bits per heavy atom. The average Bonchev–Trinajstić information content (AvgIpc) is 2.98. The molecule has 3 aromatic rings. The number of hydrogen-bond acceptors (Lipinski definition) is 5. The van der Waals surface area contributed by atoms with Crippen LogP contribution >= 0.6 is 22.9 Å². The van der Waals surface area contributed by atoms with E-state index >= 15 is 0 Å². The number of rotatable bonds is 4. The van der Waals surface area contributed by atoms with Crippen LogP contribution in [0.1, 0.15) is 20.3 Å². The molecule has 0 fully saturated rings. The number of halogens is 1. The summed E-state index contributed by atoms with van der Waals surface area (Å²) in [5.74, 6) is 0.871. The van der Waals surface area contributed by atoms with Crippen molar-refractivity contribution in [3.05, 3.63) is 29.3 Å². The number of benzene rings is 1. The minimum absolute atomic E-state index is 0.0481. The van der Waals surface area contributed by atoms with Crippen molar-refractivity contribution < 1.29 is 4.79 Å². The Bertz CT molecular complexity index is 808. The summed E-state index contributed by atoms with van der Waals surface area (Å²) in [5.41, 5.74) is 0.863. The van der Waals surface area contributed by atoms with E-state index in [1.165, 1.54) is 11.3 Å². The van der Waals surface area contributed by atoms with Crippen molar-refractivity contribution in [2.75, 3.05) is 5.32 Å². The summed E-state index contributed by atoms with van der Waals surface area (Å²) in [7, 11) is 0. The van der Waals surface area contributed by atoms with Gasteiger partial charge in [-0.25, -0.2) is 0 Å². The summed E-state index contributed by atoms with van der Waals surface area (Å²) in [5, 5.41) is 16.6. The van der Waals surface area contributed by atoms with Gasteiger partial charge in [-0.05, 0) is 30.2 Å². The van der Waals surface area contributed by atoms with Crippen LogP contribution in [0.25, 0.3) is 16.3 Å². The third-order valence-electron chi connectivity index (χ3n) is 2.93. The van der Waals surface area contributed by atoms with Crippen molar-refractivity contribution in [1.82, 2.24) is 19.8 Å². The molecule has 0 aliphatic rings. The molecule has 0 bridgehead atoms. The van der Waals surface area contributed by atoms with E-state index in [0.717, 1.165) is 5.56 Å². The summed E-state index contributed by atoms with van der Waals surface area (Å²) >= 11 is 7.18. The molecule has 1 aromatic carbocycles. The van der Waals surface area contributed by atoms with E-state index in [2.05, 4.69) is 20.6 Å². The van der Waals surface area contributed by atoms with E-state index in [-0.39, 0.29) is 5.91 Å². The number of carbonyl (C=O) groups excluding carboxylic acids is 1. The fourth-order valence-electron chi connectivity index (χ4n) is 1.99. The van der Waals surface area contributed by atoms with Gasteiger partial charge in [-0.1, -0.05) is 36.8 Å². The average molecular weight is 336 g/mol. The number of carbonyl (C=O) groups is 1. The second-order valence-electron chi connectivity index (χ2n) is 5.28. The van der Waals surface area contributed by atoms with Crippen molar-refractivity contribution in [1.29, 1.82) is 0 Å². The van der Waals surface area contributed by atoms with Crippen LogP contribution in [-0.4, -0.2) is 25.7 Å². The quantitative estimate of drug-likeness (QED) is 0.792. The molecule has 0 aliphatic heterocycles. The Morgan fingerprint density at radius 1 is 1.32 bits per heavy atom. The van der Waals surface area contributed by atoms with Gasteiger partial charge in [-0.2, -0.15) is 4.52 Å². The van der Waals surface area contributed by atoms with Crippen LogP contribution in [-0.2, 0) is 4.79 Å². The Hall–Kier alpha value is -1.99.